The number of halogens is 1. The van der Waals surface area contributed by atoms with Crippen LogP contribution in [0.3, 0.4) is 0 Å². The van der Waals surface area contributed by atoms with Gasteiger partial charge in [0.05, 0.1) is 26.0 Å². The quantitative estimate of drug-likeness (QED) is 0.716. The topological polar surface area (TPSA) is 39.9 Å². The molecule has 90 valence electrons. The first-order valence-electron chi connectivity index (χ1n) is 5.45. The van der Waals surface area contributed by atoms with Gasteiger partial charge in [-0.2, -0.15) is 0 Å². The van der Waals surface area contributed by atoms with Crippen LogP contribution in [-0.2, 0) is 17.9 Å². The van der Waals surface area contributed by atoms with Crippen molar-refractivity contribution in [3.8, 4) is 0 Å². The zero-order valence-corrected chi connectivity index (χ0v) is 9.42. The van der Waals surface area contributed by atoms with Gasteiger partial charge in [0.25, 0.3) is 0 Å². The van der Waals surface area contributed by atoms with Gasteiger partial charge in [0, 0.05) is 0 Å². The van der Waals surface area contributed by atoms with Crippen molar-refractivity contribution in [2.45, 2.75) is 13.2 Å². The summed E-state index contributed by atoms with van der Waals surface area (Å²) in [7, 11) is 0. The lowest BCUT2D eigenvalue weighted by atomic mass is 10.2. The number of ether oxygens (including phenoxy) is 1. The van der Waals surface area contributed by atoms with E-state index in [1.165, 1.54) is 0 Å². The van der Waals surface area contributed by atoms with E-state index < -0.39 is 6.67 Å². The molecule has 17 heavy (non-hydrogen) atoms. The molecule has 5 heteroatoms. The van der Waals surface area contributed by atoms with Crippen LogP contribution in [0.15, 0.2) is 36.5 Å². The van der Waals surface area contributed by atoms with E-state index >= 15 is 0 Å². The summed E-state index contributed by atoms with van der Waals surface area (Å²) in [6, 6.07) is 10.00. The third-order valence-corrected chi connectivity index (χ3v) is 2.24. The fourth-order valence-corrected chi connectivity index (χ4v) is 1.48. The lowest BCUT2D eigenvalue weighted by Gasteiger charge is -1.99. The number of nitrogens with zero attached hydrogens (tertiary/aromatic N) is 3. The third-order valence-electron chi connectivity index (χ3n) is 2.24. The maximum absolute atomic E-state index is 11.8. The minimum Gasteiger partial charge on any atom is -0.372 e. The van der Waals surface area contributed by atoms with E-state index in [0.717, 1.165) is 11.3 Å². The molecule has 1 heterocycles. The average molecular weight is 234 g/mol. The van der Waals surface area contributed by atoms with Gasteiger partial charge in [-0.15, -0.1) is 5.10 Å². The van der Waals surface area contributed by atoms with Crippen molar-refractivity contribution in [1.82, 2.24) is 15.0 Å². The van der Waals surface area contributed by atoms with Crippen LogP contribution >= 0.6 is 0 Å². The van der Waals surface area contributed by atoms with Gasteiger partial charge in [-0.25, -0.2) is 9.07 Å². The number of alkyl halides is 1. The number of benzene rings is 1. The van der Waals surface area contributed by atoms with Crippen LogP contribution < -0.4 is 0 Å². The molecule has 0 spiro atoms. The highest BCUT2D eigenvalue weighted by atomic mass is 18.2. The Morgan fingerprint density at radius 1 is 1.24 bits per heavy atom. The van der Waals surface area contributed by atoms with Gasteiger partial charge in [-0.05, 0) is 5.56 Å². The van der Waals surface area contributed by atoms with Crippen LogP contribution in [0.2, 0.25) is 0 Å². The van der Waals surface area contributed by atoms with Gasteiger partial charge in [-0.3, -0.25) is 0 Å². The number of rotatable bonds is 6. The molecule has 0 aliphatic heterocycles. The van der Waals surface area contributed by atoms with Crippen LogP contribution in [0.25, 0.3) is 0 Å². The highest BCUT2D eigenvalue weighted by Gasteiger charge is 2.01. The largest absolute Gasteiger partial charge is 0.372 e. The van der Waals surface area contributed by atoms with Crippen LogP contribution in [-0.4, -0.2) is 28.3 Å². The Bertz CT molecular complexity index is 444. The third kappa shape index (κ3) is 3.64. The van der Waals surface area contributed by atoms with Crippen molar-refractivity contribution in [3.63, 3.8) is 0 Å². The summed E-state index contributed by atoms with van der Waals surface area (Å²) < 4.78 is 18.6. The van der Waals surface area contributed by atoms with Crippen LogP contribution in [0.5, 0.6) is 0 Å². The summed E-state index contributed by atoms with van der Waals surface area (Å²) in [5.74, 6) is 0. The van der Waals surface area contributed by atoms with E-state index in [1.807, 2.05) is 36.5 Å². The van der Waals surface area contributed by atoms with Crippen molar-refractivity contribution in [2.24, 2.45) is 0 Å². The van der Waals surface area contributed by atoms with Crippen molar-refractivity contribution >= 4 is 0 Å². The molecule has 0 fully saturated rings. The summed E-state index contributed by atoms with van der Waals surface area (Å²) in [4.78, 5) is 0. The SMILES string of the molecule is [18F]CCOCc1cn(Cc2ccccc2)nn1. The number of hydrogen-bond acceptors (Lipinski definition) is 3. The highest BCUT2D eigenvalue weighted by Crippen LogP contribution is 2.02. The van der Waals surface area contributed by atoms with Crippen LogP contribution in [0.1, 0.15) is 11.3 Å². The van der Waals surface area contributed by atoms with Gasteiger partial charge >= 0.3 is 0 Å². The van der Waals surface area contributed by atoms with Crippen LogP contribution in [0, 0.1) is 0 Å². The van der Waals surface area contributed by atoms with Gasteiger partial charge in [0.15, 0.2) is 0 Å². The Morgan fingerprint density at radius 3 is 2.82 bits per heavy atom. The molecule has 0 radical (unpaired) electrons. The lowest BCUT2D eigenvalue weighted by molar-refractivity contribution is 0.104. The van der Waals surface area contributed by atoms with E-state index in [2.05, 4.69) is 10.3 Å². The second kappa shape index (κ2) is 6.10. The Hall–Kier alpha value is -1.75. The molecule has 0 aliphatic carbocycles. The molecule has 4 nitrogen and oxygen atoms in total. The number of aromatic nitrogens is 3. The molecule has 1 aromatic heterocycles. The summed E-state index contributed by atoms with van der Waals surface area (Å²) in [6.07, 6.45) is 1.81. The molecule has 0 saturated heterocycles. The van der Waals surface area contributed by atoms with Gasteiger partial charge in [0.1, 0.15) is 12.4 Å². The second-order valence-corrected chi connectivity index (χ2v) is 3.63. The Kier molecular flexibility index (Phi) is 4.21. The van der Waals surface area contributed by atoms with Gasteiger partial charge in [-0.1, -0.05) is 35.5 Å². The molecule has 0 saturated carbocycles. The second-order valence-electron chi connectivity index (χ2n) is 3.63. The van der Waals surface area contributed by atoms with Crippen molar-refractivity contribution < 1.29 is 9.13 Å². The van der Waals surface area contributed by atoms with E-state index in [1.54, 1.807) is 4.68 Å². The molecule has 2 rings (SSSR count). The molecule has 0 amide bonds. The Labute approximate surface area is 99.0 Å². The molecule has 2 aromatic rings. The minimum absolute atomic E-state index is 0.103. The van der Waals surface area contributed by atoms with E-state index in [4.69, 9.17) is 4.74 Å². The lowest BCUT2D eigenvalue weighted by Crippen LogP contribution is -2.00. The highest BCUT2D eigenvalue weighted by molar-refractivity contribution is 5.14. The molecule has 0 atom stereocenters. The Balaban J connectivity index is 1.90. The van der Waals surface area contributed by atoms with Gasteiger partial charge in [0.2, 0.25) is 0 Å². The maximum atomic E-state index is 11.8. The number of hydrogen-bond donors (Lipinski definition) is 0. The first-order valence-corrected chi connectivity index (χ1v) is 5.45. The summed E-state index contributed by atoms with van der Waals surface area (Å²) in [6.45, 7) is 0.610. The normalized spacial score (nSPS) is 10.6. The van der Waals surface area contributed by atoms with Crippen molar-refractivity contribution in [2.75, 3.05) is 13.3 Å². The average Bonchev–Trinajstić information content (AvgIpc) is 2.79. The first kappa shape index (κ1) is 11.7. The summed E-state index contributed by atoms with van der Waals surface area (Å²) in [5, 5.41) is 7.93. The van der Waals surface area contributed by atoms with Crippen molar-refractivity contribution in [1.29, 1.82) is 0 Å². The van der Waals surface area contributed by atoms with Crippen LogP contribution in [0.4, 0.5) is 4.39 Å². The Morgan fingerprint density at radius 2 is 2.06 bits per heavy atom. The molecule has 0 aliphatic rings. The fraction of sp³-hybridized carbons (Fsp3) is 0.333. The smallest absolute Gasteiger partial charge is 0.113 e. The van der Waals surface area contributed by atoms with E-state index in [9.17, 15) is 4.39 Å². The molecule has 0 bridgehead atoms. The summed E-state index contributed by atoms with van der Waals surface area (Å²) >= 11 is 0. The first-order chi connectivity index (χ1) is 8.38. The molecule has 0 unspecified atom stereocenters. The van der Waals surface area contributed by atoms with E-state index in [0.29, 0.717) is 13.2 Å². The summed E-state index contributed by atoms with van der Waals surface area (Å²) in [5.41, 5.74) is 1.88. The zero-order chi connectivity index (χ0) is 11.9. The zero-order valence-electron chi connectivity index (χ0n) is 9.42. The molecular formula is C12H14FN3O. The van der Waals surface area contributed by atoms with Gasteiger partial charge < -0.3 is 4.74 Å². The van der Waals surface area contributed by atoms with Crippen molar-refractivity contribution in [3.05, 3.63) is 47.8 Å². The predicted octanol–water partition coefficient (Wildman–Crippen LogP) is 1.81. The predicted molar refractivity (Wildman–Crippen MR) is 61.2 cm³/mol. The monoisotopic (exact) mass is 234 g/mol. The molecule has 1 aromatic carbocycles. The maximum Gasteiger partial charge on any atom is 0.113 e. The van der Waals surface area contributed by atoms with E-state index in [-0.39, 0.29) is 6.61 Å². The standard InChI is InChI=1S/C12H14FN3O/c13-6-7-17-10-12-9-16(15-14-12)8-11-4-2-1-3-5-11/h1-5,9H,6-8,10H2/i13-1. The molecule has 0 N–H and O–H groups in total. The molecular weight excluding hydrogens is 220 g/mol. The minimum atomic E-state index is -0.474. The fourth-order valence-electron chi connectivity index (χ4n) is 1.48.